The number of rotatable bonds is 8. The van der Waals surface area contributed by atoms with Crippen LogP contribution in [0.1, 0.15) is 95.5 Å². The van der Waals surface area contributed by atoms with Gasteiger partial charge in [-0.15, -0.1) is 0 Å². The summed E-state index contributed by atoms with van der Waals surface area (Å²) in [7, 11) is 0. The normalized spacial score (nSPS) is 25.1. The second-order valence-electron chi connectivity index (χ2n) is 9.35. The summed E-state index contributed by atoms with van der Waals surface area (Å²) >= 11 is 0. The Kier molecular flexibility index (Phi) is 12.2. The Hall–Kier alpha value is -1.66. The van der Waals surface area contributed by atoms with E-state index >= 15 is 0 Å². The van der Waals surface area contributed by atoms with Crippen molar-refractivity contribution in [1.29, 1.82) is 0 Å². The van der Waals surface area contributed by atoms with Crippen LogP contribution in [0.5, 0.6) is 5.75 Å². The maximum atomic E-state index is 14.0. The fourth-order valence-corrected chi connectivity index (χ4v) is 5.56. The highest BCUT2D eigenvalue weighted by Crippen LogP contribution is 2.45. The van der Waals surface area contributed by atoms with E-state index in [0.717, 1.165) is 43.4 Å². The Morgan fingerprint density at radius 2 is 1.42 bits per heavy atom. The summed E-state index contributed by atoms with van der Waals surface area (Å²) in [6.07, 6.45) is 12.2. The molecule has 1 aromatic rings. The van der Waals surface area contributed by atoms with Crippen molar-refractivity contribution in [2.45, 2.75) is 89.9 Å². The highest BCUT2D eigenvalue weighted by atomic mass is 19.3. The largest absolute Gasteiger partial charge is 0.457 e. The first-order valence-corrected chi connectivity index (χ1v) is 12.2. The predicted molar refractivity (Wildman–Crippen MR) is 119 cm³/mol. The van der Waals surface area contributed by atoms with E-state index in [1.54, 1.807) is 0 Å². The molecule has 1 nitrogen and oxygen atoms in total. The summed E-state index contributed by atoms with van der Waals surface area (Å²) in [5.74, 6) is 0.567. The lowest BCUT2D eigenvalue weighted by Gasteiger charge is -2.38. The van der Waals surface area contributed by atoms with Crippen molar-refractivity contribution in [2.75, 3.05) is 6.86 Å². The van der Waals surface area contributed by atoms with Gasteiger partial charge in [-0.3, -0.25) is 0 Å². The predicted octanol–water partition coefficient (Wildman–Crippen LogP) is 9.62. The van der Waals surface area contributed by atoms with Crippen molar-refractivity contribution >= 4 is 0 Å². The molecule has 2 aliphatic carbocycles. The maximum Gasteiger partial charge on any atom is 0.298 e. The number of hydrogen-bond donors (Lipinski definition) is 0. The first kappa shape index (κ1) is 27.6. The van der Waals surface area contributed by atoms with Crippen LogP contribution in [0.25, 0.3) is 0 Å². The molecule has 3 rings (SSSR count). The Labute approximate surface area is 193 Å². The zero-order valence-electron chi connectivity index (χ0n) is 19.4. The lowest BCUT2D eigenvalue weighted by Crippen LogP contribution is -2.25. The zero-order chi connectivity index (χ0) is 24.2. The van der Waals surface area contributed by atoms with Crippen LogP contribution in [-0.4, -0.2) is 6.86 Å². The maximum absolute atomic E-state index is 14.0. The van der Waals surface area contributed by atoms with Crippen LogP contribution in [0.4, 0.5) is 26.3 Å². The fourth-order valence-electron chi connectivity index (χ4n) is 5.56. The number of ether oxygens (including phenoxy) is 1. The molecular formula is C26H36F6O. The van der Waals surface area contributed by atoms with Crippen LogP contribution in [0.3, 0.4) is 0 Å². The first-order chi connectivity index (χ1) is 15.9. The quantitative estimate of drug-likeness (QED) is 0.267. The SMILES string of the molecule is CCCCCC1CCC(C2CCC(c3cc(F)c(OCF)c(F)c3)CC2)CC1.FC=C(F)F. The molecule has 2 fully saturated rings. The second-order valence-corrected chi connectivity index (χ2v) is 9.35. The molecule has 2 aliphatic rings. The van der Waals surface area contributed by atoms with E-state index in [1.165, 1.54) is 63.5 Å². The lowest BCUT2D eigenvalue weighted by molar-refractivity contribution is 0.155. The van der Waals surface area contributed by atoms with Gasteiger partial charge < -0.3 is 4.74 Å². The summed E-state index contributed by atoms with van der Waals surface area (Å²) in [5, 5.41) is 0. The van der Waals surface area contributed by atoms with Crippen molar-refractivity contribution in [2.24, 2.45) is 17.8 Å². The third-order valence-corrected chi connectivity index (χ3v) is 7.32. The van der Waals surface area contributed by atoms with Crippen molar-refractivity contribution < 1.29 is 31.1 Å². The highest BCUT2D eigenvalue weighted by molar-refractivity contribution is 5.33. The van der Waals surface area contributed by atoms with Gasteiger partial charge in [-0.05, 0) is 79.9 Å². The molecule has 0 radical (unpaired) electrons. The van der Waals surface area contributed by atoms with E-state index in [2.05, 4.69) is 11.7 Å². The minimum absolute atomic E-state index is 0.199. The molecular weight excluding hydrogens is 442 g/mol. The van der Waals surface area contributed by atoms with E-state index in [9.17, 15) is 26.3 Å². The summed E-state index contributed by atoms with van der Waals surface area (Å²) in [6.45, 7) is 1.04. The standard InChI is InChI=1S/C24H35F3O.C2HF3/c1-2-3-4-5-17-6-8-18(9-7-17)19-10-12-20(13-11-19)21-14-22(26)24(28-16-25)23(27)15-21;3-1-2(4)5/h14-15,17-20H,2-13,16H2,1H3;1H. The molecule has 0 saturated heterocycles. The van der Waals surface area contributed by atoms with Crippen molar-refractivity contribution in [1.82, 2.24) is 0 Å². The van der Waals surface area contributed by atoms with Gasteiger partial charge >= 0.3 is 0 Å². The molecule has 33 heavy (non-hydrogen) atoms. The lowest BCUT2D eigenvalue weighted by atomic mass is 9.68. The number of hydrogen-bond acceptors (Lipinski definition) is 1. The molecule has 0 bridgehead atoms. The van der Waals surface area contributed by atoms with Gasteiger partial charge in [0.05, 0.1) is 0 Å². The van der Waals surface area contributed by atoms with Gasteiger partial charge in [0.25, 0.3) is 6.08 Å². The number of halogens is 6. The average molecular weight is 479 g/mol. The third-order valence-electron chi connectivity index (χ3n) is 7.32. The summed E-state index contributed by atoms with van der Waals surface area (Å²) < 4.78 is 75.5. The van der Waals surface area contributed by atoms with Crippen LogP contribution in [0, 0.1) is 29.4 Å². The van der Waals surface area contributed by atoms with Gasteiger partial charge in [0.1, 0.15) is 0 Å². The minimum atomic E-state index is -2.29. The van der Waals surface area contributed by atoms with E-state index in [4.69, 9.17) is 0 Å². The van der Waals surface area contributed by atoms with Gasteiger partial charge in [0, 0.05) is 0 Å². The Morgan fingerprint density at radius 1 is 0.909 bits per heavy atom. The molecule has 0 amide bonds. The van der Waals surface area contributed by atoms with Crippen molar-refractivity contribution in [3.8, 4) is 5.75 Å². The Morgan fingerprint density at radius 3 is 1.88 bits per heavy atom. The smallest absolute Gasteiger partial charge is 0.298 e. The number of unbranched alkanes of at least 4 members (excludes halogenated alkanes) is 2. The molecule has 0 aliphatic heterocycles. The fraction of sp³-hybridized carbons (Fsp3) is 0.692. The molecule has 0 aromatic heterocycles. The van der Waals surface area contributed by atoms with Crippen molar-refractivity contribution in [3.63, 3.8) is 0 Å². The highest BCUT2D eigenvalue weighted by Gasteiger charge is 2.31. The molecule has 188 valence electrons. The Balaban J connectivity index is 0.000000696. The van der Waals surface area contributed by atoms with Crippen LogP contribution in [0.15, 0.2) is 24.5 Å². The third kappa shape index (κ3) is 8.90. The van der Waals surface area contributed by atoms with Gasteiger partial charge in [-0.1, -0.05) is 45.4 Å². The summed E-state index contributed by atoms with van der Waals surface area (Å²) in [5.41, 5.74) is 0.694. The molecule has 2 saturated carbocycles. The average Bonchev–Trinajstić information content (AvgIpc) is 2.82. The molecule has 7 heteroatoms. The summed E-state index contributed by atoms with van der Waals surface area (Å²) in [4.78, 5) is 0. The first-order valence-electron chi connectivity index (χ1n) is 12.2. The van der Waals surface area contributed by atoms with Crippen LogP contribution in [-0.2, 0) is 0 Å². The van der Waals surface area contributed by atoms with E-state index in [1.807, 2.05) is 0 Å². The molecule has 0 spiro atoms. The van der Waals surface area contributed by atoms with E-state index < -0.39 is 36.7 Å². The van der Waals surface area contributed by atoms with Gasteiger partial charge in [-0.2, -0.15) is 8.78 Å². The Bertz CT molecular complexity index is 694. The topological polar surface area (TPSA) is 9.23 Å². The van der Waals surface area contributed by atoms with Crippen LogP contribution < -0.4 is 4.74 Å². The van der Waals surface area contributed by atoms with E-state index in [0.29, 0.717) is 5.56 Å². The van der Waals surface area contributed by atoms with E-state index in [-0.39, 0.29) is 5.92 Å². The van der Waals surface area contributed by atoms with Gasteiger partial charge in [0.2, 0.25) is 6.86 Å². The zero-order valence-corrected chi connectivity index (χ0v) is 19.4. The molecule has 0 heterocycles. The van der Waals surface area contributed by atoms with Crippen LogP contribution >= 0.6 is 0 Å². The monoisotopic (exact) mass is 478 g/mol. The molecule has 1 aromatic carbocycles. The number of alkyl halides is 1. The van der Waals surface area contributed by atoms with Gasteiger partial charge in [0.15, 0.2) is 23.7 Å². The summed E-state index contributed by atoms with van der Waals surface area (Å²) in [6, 6.07) is 2.67. The van der Waals surface area contributed by atoms with Gasteiger partial charge in [-0.25, -0.2) is 17.6 Å². The molecule has 0 N–H and O–H groups in total. The molecule has 0 unspecified atom stereocenters. The molecule has 0 atom stereocenters. The minimum Gasteiger partial charge on any atom is -0.457 e. The second kappa shape index (κ2) is 14.6. The number of benzene rings is 1. The van der Waals surface area contributed by atoms with Crippen molar-refractivity contribution in [3.05, 3.63) is 41.7 Å². The van der Waals surface area contributed by atoms with Crippen LogP contribution in [0.2, 0.25) is 0 Å².